The molecule has 0 saturated carbocycles. The van der Waals surface area contributed by atoms with E-state index in [1.165, 1.54) is 12.1 Å². The number of alkyl halides is 1. The molecule has 1 atom stereocenters. The molecule has 116 valence electrons. The molecule has 7 nitrogen and oxygen atoms in total. The van der Waals surface area contributed by atoms with Gasteiger partial charge in [-0.25, -0.2) is 9.80 Å². The van der Waals surface area contributed by atoms with Gasteiger partial charge in [-0.2, -0.15) is 5.01 Å². The van der Waals surface area contributed by atoms with Crippen molar-refractivity contribution in [1.29, 1.82) is 0 Å². The van der Waals surface area contributed by atoms with Gasteiger partial charge in [0.25, 0.3) is 5.91 Å². The molecule has 1 N–H and O–H groups in total. The van der Waals surface area contributed by atoms with Gasteiger partial charge in [-0.05, 0) is 12.1 Å². The van der Waals surface area contributed by atoms with Crippen molar-refractivity contribution in [2.45, 2.75) is 18.9 Å². The minimum absolute atomic E-state index is 0.0357. The first-order valence-corrected chi connectivity index (χ1v) is 7.62. The Morgan fingerprint density at radius 1 is 1.18 bits per heavy atom. The second-order valence-electron chi connectivity index (χ2n) is 4.62. The summed E-state index contributed by atoms with van der Waals surface area (Å²) in [6, 6.07) is 6.55. The summed E-state index contributed by atoms with van der Waals surface area (Å²) in [6.07, 6.45) is -0.0714. The summed E-state index contributed by atoms with van der Waals surface area (Å²) in [5, 5.41) is 10.6. The molecule has 0 aromatic heterocycles. The third kappa shape index (κ3) is 3.01. The van der Waals surface area contributed by atoms with Crippen molar-refractivity contribution in [2.24, 2.45) is 0 Å². The summed E-state index contributed by atoms with van der Waals surface area (Å²) in [7, 11) is 0. The van der Waals surface area contributed by atoms with Crippen LogP contribution >= 0.6 is 15.9 Å². The Hall–Kier alpha value is -2.22. The molecule has 22 heavy (non-hydrogen) atoms. The van der Waals surface area contributed by atoms with E-state index in [9.17, 15) is 24.3 Å². The fraction of sp³-hybridized carbons (Fsp3) is 0.286. The highest BCUT2D eigenvalue weighted by atomic mass is 79.9. The van der Waals surface area contributed by atoms with Crippen LogP contribution in [0.2, 0.25) is 0 Å². The lowest BCUT2D eigenvalue weighted by Gasteiger charge is -2.33. The Balaban J connectivity index is 2.46. The second kappa shape index (κ2) is 6.69. The summed E-state index contributed by atoms with van der Waals surface area (Å²) in [4.78, 5) is 47.8. The maximum absolute atomic E-state index is 12.6. The molecular formula is C14H13BrN2O5. The summed E-state index contributed by atoms with van der Waals surface area (Å²) in [5.41, 5.74) is 0.196. The number of carboxylic acid groups (broad SMARTS) is 1. The summed E-state index contributed by atoms with van der Waals surface area (Å²) >= 11 is 3.02. The van der Waals surface area contributed by atoms with Crippen molar-refractivity contribution in [3.8, 4) is 0 Å². The lowest BCUT2D eigenvalue weighted by atomic mass is 10.2. The van der Waals surface area contributed by atoms with Crippen LogP contribution in [-0.2, 0) is 14.4 Å². The van der Waals surface area contributed by atoms with Crippen LogP contribution in [0.15, 0.2) is 30.3 Å². The molecule has 1 saturated heterocycles. The topological polar surface area (TPSA) is 95.0 Å². The molecule has 2 rings (SSSR count). The molecule has 1 unspecified atom stereocenters. The number of hydrazine groups is 1. The number of rotatable bonds is 5. The Labute approximate surface area is 134 Å². The largest absolute Gasteiger partial charge is 0.480 e. The zero-order chi connectivity index (χ0) is 16.3. The Morgan fingerprint density at radius 3 is 2.18 bits per heavy atom. The maximum Gasteiger partial charge on any atom is 0.329 e. The number of amides is 3. The van der Waals surface area contributed by atoms with Crippen molar-refractivity contribution < 1.29 is 24.3 Å². The van der Waals surface area contributed by atoms with E-state index >= 15 is 0 Å². The van der Waals surface area contributed by atoms with Crippen LogP contribution in [0.1, 0.15) is 23.2 Å². The van der Waals surface area contributed by atoms with Gasteiger partial charge in [-0.15, -0.1) is 0 Å². The number of carbonyl (C=O) groups is 4. The van der Waals surface area contributed by atoms with E-state index in [2.05, 4.69) is 15.9 Å². The average Bonchev–Trinajstić information content (AvgIpc) is 2.84. The summed E-state index contributed by atoms with van der Waals surface area (Å²) in [5.74, 6) is -3.19. The number of benzene rings is 1. The average molecular weight is 369 g/mol. The molecule has 1 aromatic rings. The molecule has 0 radical (unpaired) electrons. The highest BCUT2D eigenvalue weighted by Gasteiger charge is 2.42. The van der Waals surface area contributed by atoms with Crippen LogP contribution in [0.4, 0.5) is 0 Å². The monoisotopic (exact) mass is 368 g/mol. The van der Waals surface area contributed by atoms with Crippen LogP contribution in [0.3, 0.4) is 0 Å². The van der Waals surface area contributed by atoms with Crippen LogP contribution < -0.4 is 0 Å². The van der Waals surface area contributed by atoms with Gasteiger partial charge in [0.2, 0.25) is 11.8 Å². The fourth-order valence-electron chi connectivity index (χ4n) is 2.13. The first-order valence-electron chi connectivity index (χ1n) is 6.50. The van der Waals surface area contributed by atoms with E-state index in [0.29, 0.717) is 5.01 Å². The third-order valence-electron chi connectivity index (χ3n) is 3.20. The molecule has 0 aliphatic carbocycles. The molecule has 8 heteroatoms. The lowest BCUT2D eigenvalue weighted by molar-refractivity contribution is -0.161. The Morgan fingerprint density at radius 2 is 1.73 bits per heavy atom. The van der Waals surface area contributed by atoms with Gasteiger partial charge >= 0.3 is 5.97 Å². The van der Waals surface area contributed by atoms with Crippen molar-refractivity contribution in [3.63, 3.8) is 0 Å². The van der Waals surface area contributed by atoms with Crippen LogP contribution in [0.5, 0.6) is 0 Å². The van der Waals surface area contributed by atoms with Crippen molar-refractivity contribution in [2.75, 3.05) is 5.33 Å². The highest BCUT2D eigenvalue weighted by molar-refractivity contribution is 9.09. The highest BCUT2D eigenvalue weighted by Crippen LogP contribution is 2.21. The molecule has 0 bridgehead atoms. The lowest BCUT2D eigenvalue weighted by Crippen LogP contribution is -2.57. The van der Waals surface area contributed by atoms with E-state index in [4.69, 9.17) is 0 Å². The quantitative estimate of drug-likeness (QED) is 0.618. The fourth-order valence-corrected chi connectivity index (χ4v) is 2.68. The minimum Gasteiger partial charge on any atom is -0.480 e. The third-order valence-corrected chi connectivity index (χ3v) is 3.81. The number of hydrogen-bond acceptors (Lipinski definition) is 4. The molecule has 1 aromatic carbocycles. The Bertz CT molecular complexity index is 603. The smallest absolute Gasteiger partial charge is 0.329 e. The normalized spacial score (nSPS) is 15.8. The molecule has 1 fully saturated rings. The maximum atomic E-state index is 12.6. The van der Waals surface area contributed by atoms with Crippen LogP contribution in [0.25, 0.3) is 0 Å². The summed E-state index contributed by atoms with van der Waals surface area (Å²) < 4.78 is 0. The van der Waals surface area contributed by atoms with Gasteiger partial charge in [0.05, 0.1) is 0 Å². The van der Waals surface area contributed by atoms with Gasteiger partial charge in [0, 0.05) is 23.7 Å². The molecule has 3 amide bonds. The van der Waals surface area contributed by atoms with Gasteiger partial charge in [0.15, 0.2) is 6.04 Å². The second-order valence-corrected chi connectivity index (χ2v) is 5.27. The number of aliphatic carboxylic acids is 1. The van der Waals surface area contributed by atoms with Crippen molar-refractivity contribution >= 4 is 39.6 Å². The van der Waals surface area contributed by atoms with E-state index < -0.39 is 29.7 Å². The molecule has 1 aliphatic heterocycles. The Kier molecular flexibility index (Phi) is 4.92. The van der Waals surface area contributed by atoms with E-state index in [1.807, 2.05) is 0 Å². The summed E-state index contributed by atoms with van der Waals surface area (Å²) in [6.45, 7) is 0. The van der Waals surface area contributed by atoms with Gasteiger partial charge in [0.1, 0.15) is 0 Å². The molecule has 0 spiro atoms. The first kappa shape index (κ1) is 16.2. The standard InChI is InChI=1S/C14H13BrN2O5/c15-8-10(14(21)22)16(17-11(18)6-7-12(17)19)13(20)9-4-2-1-3-5-9/h1-5,10H,6-8H2,(H,21,22). The number of nitrogens with zero attached hydrogens (tertiary/aromatic N) is 2. The predicted octanol–water partition coefficient (Wildman–Crippen LogP) is 1.04. The van der Waals surface area contributed by atoms with E-state index in [0.717, 1.165) is 5.01 Å². The number of halogens is 1. The SMILES string of the molecule is O=C(O)C(CBr)N(C(=O)c1ccccc1)N1C(=O)CCC1=O. The van der Waals surface area contributed by atoms with E-state index in [-0.39, 0.29) is 23.7 Å². The molecule has 1 aliphatic rings. The van der Waals surface area contributed by atoms with Gasteiger partial charge < -0.3 is 5.11 Å². The zero-order valence-corrected chi connectivity index (χ0v) is 13.0. The predicted molar refractivity (Wildman–Crippen MR) is 78.9 cm³/mol. The van der Waals surface area contributed by atoms with Crippen LogP contribution in [-0.4, -0.2) is 50.2 Å². The van der Waals surface area contributed by atoms with Crippen molar-refractivity contribution in [3.05, 3.63) is 35.9 Å². The number of carboxylic acids is 1. The molecular weight excluding hydrogens is 356 g/mol. The van der Waals surface area contributed by atoms with Gasteiger partial charge in [-0.1, -0.05) is 34.1 Å². The first-order chi connectivity index (χ1) is 10.5. The number of carbonyl (C=O) groups excluding carboxylic acids is 3. The minimum atomic E-state index is -1.36. The van der Waals surface area contributed by atoms with Crippen molar-refractivity contribution in [1.82, 2.24) is 10.0 Å². The van der Waals surface area contributed by atoms with E-state index in [1.54, 1.807) is 18.2 Å². The molecule has 1 heterocycles. The number of imide groups is 1. The van der Waals surface area contributed by atoms with Gasteiger partial charge in [-0.3, -0.25) is 14.4 Å². The zero-order valence-electron chi connectivity index (χ0n) is 11.4. The number of hydrogen-bond donors (Lipinski definition) is 1. The van der Waals surface area contributed by atoms with Crippen LogP contribution in [0, 0.1) is 0 Å².